The largest absolute Gasteiger partial charge is 0.374 e. The molecule has 144 valence electrons. The molecule has 3 rings (SSSR count). The molecule has 0 saturated heterocycles. The van der Waals surface area contributed by atoms with Crippen LogP contribution in [-0.2, 0) is 14.3 Å². The Morgan fingerprint density at radius 3 is 2.74 bits per heavy atom. The predicted molar refractivity (Wildman–Crippen MR) is 104 cm³/mol. The fourth-order valence-electron chi connectivity index (χ4n) is 4.20. The van der Waals surface area contributed by atoms with Crippen molar-refractivity contribution in [2.24, 2.45) is 22.1 Å². The van der Waals surface area contributed by atoms with Crippen molar-refractivity contribution in [2.75, 3.05) is 19.8 Å². The smallest absolute Gasteiger partial charge is 0.158 e. The van der Waals surface area contributed by atoms with E-state index in [0.29, 0.717) is 30.8 Å². The summed E-state index contributed by atoms with van der Waals surface area (Å²) in [5.41, 5.74) is 8.27. The summed E-state index contributed by atoms with van der Waals surface area (Å²) >= 11 is 0. The Morgan fingerprint density at radius 1 is 1.33 bits per heavy atom. The number of aliphatic imine (C=N–C) groups is 1. The van der Waals surface area contributed by atoms with Crippen LogP contribution in [0.2, 0.25) is 0 Å². The number of carbonyl (C=O) groups is 2. The summed E-state index contributed by atoms with van der Waals surface area (Å²) in [7, 11) is 0. The number of nitrogens with zero attached hydrogens (tertiary/aromatic N) is 2. The normalized spacial score (nSPS) is 24.4. The Kier molecular flexibility index (Phi) is 5.67. The number of fused-ring (bicyclic) bond motifs is 1. The minimum absolute atomic E-state index is 0.0874. The molecule has 1 aromatic rings. The topological polar surface area (TPSA) is 94.6 Å². The van der Waals surface area contributed by atoms with Crippen LogP contribution in [0.15, 0.2) is 40.8 Å². The molecule has 1 fully saturated rings. The molecule has 0 spiro atoms. The van der Waals surface area contributed by atoms with Crippen molar-refractivity contribution in [3.8, 4) is 0 Å². The second kappa shape index (κ2) is 7.82. The molecule has 0 bridgehead atoms. The van der Waals surface area contributed by atoms with Crippen LogP contribution in [0.25, 0.3) is 0 Å². The molecule has 6 heteroatoms. The first-order chi connectivity index (χ1) is 12.8. The Balaban J connectivity index is 2.13. The first-order valence-corrected chi connectivity index (χ1v) is 9.36. The summed E-state index contributed by atoms with van der Waals surface area (Å²) in [4.78, 5) is 34.7. The molecule has 1 aliphatic carbocycles. The van der Waals surface area contributed by atoms with Gasteiger partial charge in [-0.15, -0.1) is 0 Å². The molecule has 1 aromatic heterocycles. The number of Topliss-reactive ketones (excluding diaryl/α,β-unsaturated/α-hetero) is 2. The molecule has 0 radical (unpaired) electrons. The van der Waals surface area contributed by atoms with E-state index in [1.165, 1.54) is 6.92 Å². The number of carbonyl (C=O) groups excluding carboxylic acids is 2. The van der Waals surface area contributed by atoms with Crippen LogP contribution in [0.3, 0.4) is 0 Å². The average molecular weight is 369 g/mol. The van der Waals surface area contributed by atoms with E-state index < -0.39 is 5.92 Å². The summed E-state index contributed by atoms with van der Waals surface area (Å²) < 4.78 is 5.60. The van der Waals surface area contributed by atoms with Crippen molar-refractivity contribution in [1.29, 1.82) is 0 Å². The molecular weight excluding hydrogens is 342 g/mol. The number of hydrogen-bond acceptors (Lipinski definition) is 6. The quantitative estimate of drug-likeness (QED) is 0.777. The monoisotopic (exact) mass is 369 g/mol. The highest BCUT2D eigenvalue weighted by molar-refractivity contribution is 6.12. The average Bonchev–Trinajstić information content (AvgIpc) is 2.60. The van der Waals surface area contributed by atoms with Gasteiger partial charge in [0.1, 0.15) is 5.78 Å². The first-order valence-electron chi connectivity index (χ1n) is 9.36. The molecule has 2 N–H and O–H groups in total. The van der Waals surface area contributed by atoms with Gasteiger partial charge in [0.2, 0.25) is 0 Å². The second-order valence-corrected chi connectivity index (χ2v) is 8.09. The van der Waals surface area contributed by atoms with Crippen molar-refractivity contribution in [3.63, 3.8) is 0 Å². The van der Waals surface area contributed by atoms with E-state index in [0.717, 1.165) is 17.7 Å². The summed E-state index contributed by atoms with van der Waals surface area (Å²) in [6.07, 6.45) is 4.64. The fourth-order valence-corrected chi connectivity index (χ4v) is 4.20. The van der Waals surface area contributed by atoms with Gasteiger partial charge in [-0.05, 0) is 30.4 Å². The highest BCUT2D eigenvalue weighted by atomic mass is 16.5. The van der Waals surface area contributed by atoms with Crippen LogP contribution in [0.5, 0.6) is 0 Å². The summed E-state index contributed by atoms with van der Waals surface area (Å²) in [5.74, 6) is -0.710. The SMILES string of the molecule is CC(=O)C1=C(COCCN)N=C2CC(C)(C)CC(=O)C2C1c1cccnc1. The summed E-state index contributed by atoms with van der Waals surface area (Å²) in [6.45, 7) is 6.70. The number of ketones is 2. The first kappa shape index (κ1) is 19.6. The summed E-state index contributed by atoms with van der Waals surface area (Å²) in [5, 5.41) is 0. The maximum absolute atomic E-state index is 13.1. The van der Waals surface area contributed by atoms with Gasteiger partial charge < -0.3 is 10.5 Å². The van der Waals surface area contributed by atoms with E-state index in [1.54, 1.807) is 12.4 Å². The fraction of sp³-hybridized carbons (Fsp3) is 0.524. The minimum Gasteiger partial charge on any atom is -0.374 e. The molecule has 2 aliphatic rings. The Hall–Kier alpha value is -2.18. The lowest BCUT2D eigenvalue weighted by Gasteiger charge is -2.41. The van der Waals surface area contributed by atoms with E-state index in [-0.39, 0.29) is 29.5 Å². The van der Waals surface area contributed by atoms with Gasteiger partial charge in [0.25, 0.3) is 0 Å². The molecule has 0 amide bonds. The molecule has 27 heavy (non-hydrogen) atoms. The van der Waals surface area contributed by atoms with E-state index >= 15 is 0 Å². The third-order valence-corrected chi connectivity index (χ3v) is 5.18. The Labute approximate surface area is 159 Å². The van der Waals surface area contributed by atoms with Gasteiger partial charge in [-0.25, -0.2) is 0 Å². The lowest BCUT2D eigenvalue weighted by molar-refractivity contribution is -0.124. The summed E-state index contributed by atoms with van der Waals surface area (Å²) in [6, 6.07) is 3.76. The zero-order valence-electron chi connectivity index (χ0n) is 16.2. The molecule has 6 nitrogen and oxygen atoms in total. The van der Waals surface area contributed by atoms with Crippen molar-refractivity contribution >= 4 is 17.3 Å². The van der Waals surface area contributed by atoms with Crippen LogP contribution >= 0.6 is 0 Å². The van der Waals surface area contributed by atoms with E-state index in [4.69, 9.17) is 15.5 Å². The second-order valence-electron chi connectivity index (χ2n) is 8.09. The lowest BCUT2D eigenvalue weighted by atomic mass is 9.63. The maximum Gasteiger partial charge on any atom is 0.158 e. The van der Waals surface area contributed by atoms with Crippen molar-refractivity contribution in [2.45, 2.75) is 39.5 Å². The van der Waals surface area contributed by atoms with E-state index in [2.05, 4.69) is 18.8 Å². The van der Waals surface area contributed by atoms with Gasteiger partial charge in [0.15, 0.2) is 5.78 Å². The molecule has 2 heterocycles. The number of aromatic nitrogens is 1. The van der Waals surface area contributed by atoms with Gasteiger partial charge in [-0.1, -0.05) is 19.9 Å². The lowest BCUT2D eigenvalue weighted by Crippen LogP contribution is -2.44. The third-order valence-electron chi connectivity index (χ3n) is 5.18. The van der Waals surface area contributed by atoms with Gasteiger partial charge in [0.05, 0.1) is 24.8 Å². The van der Waals surface area contributed by atoms with Gasteiger partial charge in [0, 0.05) is 42.6 Å². The van der Waals surface area contributed by atoms with E-state index in [9.17, 15) is 9.59 Å². The third kappa shape index (κ3) is 4.06. The van der Waals surface area contributed by atoms with Crippen molar-refractivity contribution in [1.82, 2.24) is 4.98 Å². The van der Waals surface area contributed by atoms with Crippen LogP contribution in [0.4, 0.5) is 0 Å². The highest BCUT2D eigenvalue weighted by Gasteiger charge is 2.47. The van der Waals surface area contributed by atoms with E-state index in [1.807, 2.05) is 12.1 Å². The number of rotatable bonds is 6. The molecule has 2 unspecified atom stereocenters. The zero-order chi connectivity index (χ0) is 19.6. The number of hydrogen-bond donors (Lipinski definition) is 1. The standard InChI is InChI=1S/C21H27N3O3/c1-13(25)18-16(12-27-8-6-22)24-15-9-21(2,3)10-17(26)20(15)19(18)14-5-4-7-23-11-14/h4-5,7,11,19-20H,6,8-10,12,22H2,1-3H3. The number of allylic oxidation sites excluding steroid dienone is 1. The van der Waals surface area contributed by atoms with Crippen LogP contribution < -0.4 is 5.73 Å². The van der Waals surface area contributed by atoms with Gasteiger partial charge in [-0.2, -0.15) is 0 Å². The van der Waals surface area contributed by atoms with Crippen molar-refractivity contribution in [3.05, 3.63) is 41.4 Å². The molecule has 1 aliphatic heterocycles. The van der Waals surface area contributed by atoms with Crippen LogP contribution in [0.1, 0.15) is 45.1 Å². The molecule has 0 aromatic carbocycles. The van der Waals surface area contributed by atoms with Crippen LogP contribution in [0, 0.1) is 11.3 Å². The van der Waals surface area contributed by atoms with Crippen molar-refractivity contribution < 1.29 is 14.3 Å². The number of pyridine rings is 1. The Morgan fingerprint density at radius 2 is 2.11 bits per heavy atom. The number of ether oxygens (including phenoxy) is 1. The van der Waals surface area contributed by atoms with Gasteiger partial charge in [-0.3, -0.25) is 19.6 Å². The molecular formula is C21H27N3O3. The molecule has 1 saturated carbocycles. The zero-order valence-corrected chi connectivity index (χ0v) is 16.2. The minimum atomic E-state index is -0.403. The number of nitrogens with two attached hydrogens (primary N) is 1. The molecule has 2 atom stereocenters. The highest BCUT2D eigenvalue weighted by Crippen LogP contribution is 2.46. The van der Waals surface area contributed by atoms with Gasteiger partial charge >= 0.3 is 0 Å². The van der Waals surface area contributed by atoms with Crippen LogP contribution in [-0.4, -0.2) is 42.0 Å². The predicted octanol–water partition coefficient (Wildman–Crippen LogP) is 2.44. The Bertz CT molecular complexity index is 796. The maximum atomic E-state index is 13.1.